The second kappa shape index (κ2) is 11.6. The second-order valence-electron chi connectivity index (χ2n) is 6.60. The Hall–Kier alpha value is -2.25. The van der Waals surface area contributed by atoms with Gasteiger partial charge in [-0.15, -0.1) is 0 Å². The lowest BCUT2D eigenvalue weighted by molar-refractivity contribution is -0.00689. The summed E-state index contributed by atoms with van der Waals surface area (Å²) in [5.74, 6) is 0.231. The van der Waals surface area contributed by atoms with Crippen molar-refractivity contribution < 1.29 is 19.3 Å². The predicted octanol–water partition coefficient (Wildman–Crippen LogP) is 3.01. The van der Waals surface area contributed by atoms with Crippen molar-refractivity contribution in [2.45, 2.75) is 6.54 Å². The maximum atomic E-state index is 9.80. The summed E-state index contributed by atoms with van der Waals surface area (Å²) in [7, 11) is 0. The molecule has 1 heterocycles. The topological polar surface area (TPSA) is 63.5 Å². The maximum Gasteiger partial charge on any atom is 0.124 e. The average molecular weight is 384 g/mol. The summed E-state index contributed by atoms with van der Waals surface area (Å²) < 4.78 is 16.7. The lowest BCUT2D eigenvalue weighted by atomic mass is 10.2. The number of hydrogen-bond acceptors (Lipinski definition) is 6. The van der Waals surface area contributed by atoms with Crippen LogP contribution in [-0.4, -0.2) is 69.0 Å². The van der Waals surface area contributed by atoms with Gasteiger partial charge in [0.2, 0.25) is 0 Å². The van der Waals surface area contributed by atoms with Crippen molar-refractivity contribution in [1.82, 2.24) is 4.90 Å². The molecule has 1 N–H and O–H groups in total. The van der Waals surface area contributed by atoms with E-state index in [1.165, 1.54) is 5.56 Å². The van der Waals surface area contributed by atoms with E-state index < -0.39 is 0 Å². The number of rotatable bonds is 4. The Bertz CT molecular complexity index is 722. The molecule has 0 spiro atoms. The summed E-state index contributed by atoms with van der Waals surface area (Å²) in [6.45, 7) is 6.41. The van der Waals surface area contributed by atoms with Gasteiger partial charge in [0.15, 0.2) is 0 Å². The molecule has 1 saturated heterocycles. The largest absolute Gasteiger partial charge is 0.507 e. The highest BCUT2D eigenvalue weighted by Crippen LogP contribution is 2.17. The van der Waals surface area contributed by atoms with E-state index in [9.17, 15) is 5.11 Å². The van der Waals surface area contributed by atoms with E-state index in [-0.39, 0.29) is 5.75 Å². The van der Waals surface area contributed by atoms with Crippen molar-refractivity contribution in [2.75, 3.05) is 52.7 Å². The van der Waals surface area contributed by atoms with E-state index in [1.54, 1.807) is 18.3 Å². The van der Waals surface area contributed by atoms with Crippen LogP contribution in [0.2, 0.25) is 0 Å². The van der Waals surface area contributed by atoms with Gasteiger partial charge in [0.25, 0.3) is 0 Å². The number of phenols is 1. The van der Waals surface area contributed by atoms with Crippen LogP contribution in [0, 0.1) is 0 Å². The van der Waals surface area contributed by atoms with Gasteiger partial charge in [-0.05, 0) is 29.8 Å². The summed E-state index contributed by atoms with van der Waals surface area (Å²) >= 11 is 0. The highest BCUT2D eigenvalue weighted by Gasteiger charge is 2.07. The monoisotopic (exact) mass is 384 g/mol. The van der Waals surface area contributed by atoms with E-state index in [0.29, 0.717) is 45.2 Å². The quantitative estimate of drug-likeness (QED) is 0.821. The second-order valence-corrected chi connectivity index (χ2v) is 6.60. The third-order valence-corrected chi connectivity index (χ3v) is 4.48. The number of nitrogens with zero attached hydrogens (tertiary/aromatic N) is 2. The fraction of sp³-hybridized carbons (Fsp3) is 0.409. The third-order valence-electron chi connectivity index (χ3n) is 4.48. The smallest absolute Gasteiger partial charge is 0.124 e. The van der Waals surface area contributed by atoms with E-state index in [0.717, 1.165) is 25.3 Å². The molecule has 2 aromatic carbocycles. The third kappa shape index (κ3) is 7.05. The Labute approximate surface area is 166 Å². The van der Waals surface area contributed by atoms with Gasteiger partial charge in [-0.3, -0.25) is 9.89 Å². The minimum absolute atomic E-state index is 0.231. The predicted molar refractivity (Wildman–Crippen MR) is 110 cm³/mol. The minimum atomic E-state index is 0.231. The Balaban J connectivity index is 1.55. The molecule has 1 fully saturated rings. The van der Waals surface area contributed by atoms with Gasteiger partial charge in [0.1, 0.15) is 5.75 Å². The zero-order chi connectivity index (χ0) is 19.4. The van der Waals surface area contributed by atoms with Crippen LogP contribution < -0.4 is 0 Å². The molecule has 0 saturated carbocycles. The van der Waals surface area contributed by atoms with Crippen molar-refractivity contribution in [2.24, 2.45) is 4.99 Å². The van der Waals surface area contributed by atoms with Gasteiger partial charge in [-0.2, -0.15) is 0 Å². The Kier molecular flexibility index (Phi) is 8.46. The summed E-state index contributed by atoms with van der Waals surface area (Å²) in [6, 6.07) is 15.3. The number of phenolic OH excluding ortho intramolecular Hbond substituents is 1. The van der Waals surface area contributed by atoms with Crippen molar-refractivity contribution in [1.29, 1.82) is 0 Å². The molecular weight excluding hydrogens is 356 g/mol. The van der Waals surface area contributed by atoms with Crippen molar-refractivity contribution in [3.8, 4) is 5.75 Å². The van der Waals surface area contributed by atoms with Gasteiger partial charge in [0.05, 0.1) is 45.3 Å². The fourth-order valence-electron chi connectivity index (χ4n) is 2.89. The van der Waals surface area contributed by atoms with E-state index >= 15 is 0 Å². The van der Waals surface area contributed by atoms with Crippen LogP contribution in [0.25, 0.3) is 0 Å². The summed E-state index contributed by atoms with van der Waals surface area (Å²) in [5.41, 5.74) is 2.78. The van der Waals surface area contributed by atoms with Crippen LogP contribution in [0.15, 0.2) is 53.5 Å². The van der Waals surface area contributed by atoms with E-state index in [1.807, 2.05) is 24.3 Å². The molecule has 1 aliphatic rings. The molecule has 0 amide bonds. The highest BCUT2D eigenvalue weighted by molar-refractivity contribution is 5.85. The van der Waals surface area contributed by atoms with Gasteiger partial charge in [-0.1, -0.05) is 24.3 Å². The minimum Gasteiger partial charge on any atom is -0.507 e. The number of aliphatic imine (C=N–C) groups is 1. The molecule has 3 rings (SSSR count). The molecule has 6 nitrogen and oxygen atoms in total. The number of benzene rings is 2. The van der Waals surface area contributed by atoms with Crippen molar-refractivity contribution >= 4 is 11.9 Å². The first-order valence-corrected chi connectivity index (χ1v) is 9.68. The molecule has 0 aromatic heterocycles. The Morgan fingerprint density at radius 3 is 2.07 bits per heavy atom. The SMILES string of the molecule is Oc1ccccc1C=Nc1ccc(CN2CCOCCOCCOCC2)cc1. The number of aromatic hydroxyl groups is 1. The van der Waals surface area contributed by atoms with E-state index in [2.05, 4.69) is 22.0 Å². The highest BCUT2D eigenvalue weighted by atomic mass is 16.5. The first kappa shape index (κ1) is 20.5. The maximum absolute atomic E-state index is 9.80. The van der Waals surface area contributed by atoms with E-state index in [4.69, 9.17) is 14.2 Å². The molecule has 0 radical (unpaired) electrons. The zero-order valence-electron chi connectivity index (χ0n) is 16.1. The first-order chi connectivity index (χ1) is 13.8. The molecule has 6 heteroatoms. The zero-order valence-corrected chi connectivity index (χ0v) is 16.1. The summed E-state index contributed by atoms with van der Waals surface area (Å²) in [4.78, 5) is 6.78. The molecule has 0 aliphatic carbocycles. The lowest BCUT2D eigenvalue weighted by Gasteiger charge is -2.23. The van der Waals surface area contributed by atoms with Crippen LogP contribution in [0.5, 0.6) is 5.75 Å². The van der Waals surface area contributed by atoms with Crippen LogP contribution in [0.4, 0.5) is 5.69 Å². The molecule has 0 bridgehead atoms. The van der Waals surface area contributed by atoms with Crippen LogP contribution in [0.1, 0.15) is 11.1 Å². The molecule has 2 aromatic rings. The van der Waals surface area contributed by atoms with Gasteiger partial charge in [0, 0.05) is 31.4 Å². The molecule has 1 aliphatic heterocycles. The number of hydrogen-bond donors (Lipinski definition) is 1. The van der Waals surface area contributed by atoms with Crippen LogP contribution in [-0.2, 0) is 20.8 Å². The summed E-state index contributed by atoms with van der Waals surface area (Å²) in [5, 5.41) is 9.80. The Morgan fingerprint density at radius 1 is 0.821 bits per heavy atom. The van der Waals surface area contributed by atoms with Crippen molar-refractivity contribution in [3.05, 3.63) is 59.7 Å². The van der Waals surface area contributed by atoms with Gasteiger partial charge >= 0.3 is 0 Å². The lowest BCUT2D eigenvalue weighted by Crippen LogP contribution is -2.31. The summed E-state index contributed by atoms with van der Waals surface area (Å²) in [6.07, 6.45) is 1.68. The standard InChI is InChI=1S/C22H28N2O4/c25-22-4-2-1-3-20(22)17-23-21-7-5-19(6-8-21)18-24-9-11-26-13-15-28-16-14-27-12-10-24/h1-8,17,25H,9-16,18H2. The average Bonchev–Trinajstić information content (AvgIpc) is 2.70. The van der Waals surface area contributed by atoms with Crippen molar-refractivity contribution in [3.63, 3.8) is 0 Å². The molecule has 0 unspecified atom stereocenters. The number of para-hydroxylation sites is 1. The molecule has 0 atom stereocenters. The van der Waals surface area contributed by atoms with Crippen LogP contribution in [0.3, 0.4) is 0 Å². The molecular formula is C22H28N2O4. The normalized spacial score (nSPS) is 17.9. The molecule has 28 heavy (non-hydrogen) atoms. The first-order valence-electron chi connectivity index (χ1n) is 9.68. The van der Waals surface area contributed by atoms with Gasteiger partial charge in [-0.25, -0.2) is 0 Å². The van der Waals surface area contributed by atoms with Gasteiger partial charge < -0.3 is 19.3 Å². The van der Waals surface area contributed by atoms with Crippen LogP contribution >= 0.6 is 0 Å². The molecule has 150 valence electrons. The Morgan fingerprint density at radius 2 is 1.43 bits per heavy atom. The number of ether oxygens (including phenoxy) is 3. The fourth-order valence-corrected chi connectivity index (χ4v) is 2.89.